The minimum Gasteiger partial charge on any atom is -0.508 e. The van der Waals surface area contributed by atoms with Gasteiger partial charge in [-0.25, -0.2) is 4.98 Å². The second kappa shape index (κ2) is 9.53. The number of aromatic nitrogens is 2. The lowest BCUT2D eigenvalue weighted by molar-refractivity contribution is 0.116. The third-order valence-electron chi connectivity index (χ3n) is 6.90. The molecule has 7 nitrogen and oxygen atoms in total. The summed E-state index contributed by atoms with van der Waals surface area (Å²) in [5.41, 5.74) is 4.26. The van der Waals surface area contributed by atoms with Gasteiger partial charge in [-0.3, -0.25) is 4.90 Å². The number of phenolic OH excluding ortho intramolecular Hbond substituents is 1. The van der Waals surface area contributed by atoms with Crippen molar-refractivity contribution in [3.8, 4) is 11.8 Å². The van der Waals surface area contributed by atoms with E-state index in [2.05, 4.69) is 20.9 Å². The molecule has 0 bridgehead atoms. The first kappa shape index (κ1) is 21.9. The summed E-state index contributed by atoms with van der Waals surface area (Å²) >= 11 is 0. The lowest BCUT2D eigenvalue weighted by Gasteiger charge is -2.32. The second-order valence-electron chi connectivity index (χ2n) is 9.01. The first-order valence-electron chi connectivity index (χ1n) is 11.8. The lowest BCUT2D eigenvalue weighted by Crippen LogP contribution is -2.36. The van der Waals surface area contributed by atoms with Crippen LogP contribution in [-0.2, 0) is 17.7 Å². The van der Waals surface area contributed by atoms with Gasteiger partial charge in [0.1, 0.15) is 12.4 Å². The molecule has 174 valence electrons. The van der Waals surface area contributed by atoms with Crippen molar-refractivity contribution in [2.24, 2.45) is 0 Å². The van der Waals surface area contributed by atoms with Crippen molar-refractivity contribution in [2.75, 3.05) is 44.9 Å². The summed E-state index contributed by atoms with van der Waals surface area (Å²) in [7, 11) is 1.74. The van der Waals surface area contributed by atoms with Crippen LogP contribution < -0.4 is 9.64 Å². The van der Waals surface area contributed by atoms with Crippen LogP contribution in [0.15, 0.2) is 36.4 Å². The summed E-state index contributed by atoms with van der Waals surface area (Å²) < 4.78 is 11.4. The van der Waals surface area contributed by atoms with Gasteiger partial charge in [-0.2, -0.15) is 4.98 Å². The van der Waals surface area contributed by atoms with Gasteiger partial charge < -0.3 is 19.5 Å². The Balaban J connectivity index is 1.34. The number of hydrogen-bond acceptors (Lipinski definition) is 7. The monoisotopic (exact) mass is 448 g/mol. The van der Waals surface area contributed by atoms with Crippen LogP contribution >= 0.6 is 0 Å². The first-order chi connectivity index (χ1) is 16.1. The molecule has 33 heavy (non-hydrogen) atoms. The van der Waals surface area contributed by atoms with E-state index in [0.717, 1.165) is 66.9 Å². The van der Waals surface area contributed by atoms with Crippen LogP contribution in [0.5, 0.6) is 11.8 Å². The van der Waals surface area contributed by atoms with Crippen molar-refractivity contribution in [3.63, 3.8) is 0 Å². The third kappa shape index (κ3) is 4.61. The summed E-state index contributed by atoms with van der Waals surface area (Å²) in [4.78, 5) is 14.2. The van der Waals surface area contributed by atoms with E-state index in [9.17, 15) is 5.11 Å². The first-order valence-corrected chi connectivity index (χ1v) is 11.8. The largest absolute Gasteiger partial charge is 0.508 e. The third-order valence-corrected chi connectivity index (χ3v) is 6.90. The average Bonchev–Trinajstić information content (AvgIpc) is 3.27. The Morgan fingerprint density at radius 1 is 1.15 bits per heavy atom. The Labute approximate surface area is 195 Å². The molecule has 0 spiro atoms. The molecule has 1 fully saturated rings. The van der Waals surface area contributed by atoms with E-state index in [1.54, 1.807) is 7.11 Å². The highest BCUT2D eigenvalue weighted by atomic mass is 16.5. The number of aromatic hydroxyl groups is 1. The van der Waals surface area contributed by atoms with E-state index in [1.165, 1.54) is 12.0 Å². The highest BCUT2D eigenvalue weighted by molar-refractivity contribution is 5.95. The van der Waals surface area contributed by atoms with Gasteiger partial charge in [-0.15, -0.1) is 0 Å². The van der Waals surface area contributed by atoms with Gasteiger partial charge in [0, 0.05) is 49.1 Å². The van der Waals surface area contributed by atoms with Gasteiger partial charge in [-0.05, 0) is 49.7 Å². The topological polar surface area (TPSA) is 71.0 Å². The highest BCUT2D eigenvalue weighted by Crippen LogP contribution is 2.34. The van der Waals surface area contributed by atoms with E-state index in [-0.39, 0.29) is 5.75 Å². The zero-order valence-electron chi connectivity index (χ0n) is 19.5. The van der Waals surface area contributed by atoms with Gasteiger partial charge in [0.05, 0.1) is 18.8 Å². The van der Waals surface area contributed by atoms with Crippen LogP contribution in [0.25, 0.3) is 10.8 Å². The molecule has 3 heterocycles. The van der Waals surface area contributed by atoms with Gasteiger partial charge >= 0.3 is 6.01 Å². The fourth-order valence-electron chi connectivity index (χ4n) is 5.15. The maximum atomic E-state index is 10.3. The number of hydrogen-bond donors (Lipinski definition) is 1. The number of likely N-dealkylation sites (tertiary alicyclic amines) is 1. The lowest BCUT2D eigenvalue weighted by atomic mass is 10.0. The number of nitrogens with zero attached hydrogens (tertiary/aromatic N) is 4. The molecule has 3 aromatic rings. The second-order valence-corrected chi connectivity index (χ2v) is 9.01. The van der Waals surface area contributed by atoms with Crippen molar-refractivity contribution >= 4 is 16.5 Å². The molecule has 2 aliphatic rings. The van der Waals surface area contributed by atoms with Crippen LogP contribution in [0.2, 0.25) is 0 Å². The number of phenols is 1. The van der Waals surface area contributed by atoms with Gasteiger partial charge in [0.25, 0.3) is 0 Å². The van der Waals surface area contributed by atoms with Crippen molar-refractivity contribution < 1.29 is 14.6 Å². The maximum Gasteiger partial charge on any atom is 0.316 e. The summed E-state index contributed by atoms with van der Waals surface area (Å²) in [6, 6.07) is 12.7. The predicted molar refractivity (Wildman–Crippen MR) is 129 cm³/mol. The molecule has 2 aliphatic heterocycles. The quantitative estimate of drug-likeness (QED) is 0.591. The standard InChI is InChI=1S/C26H32N4O3/c1-18-22-9-11-30(25-15-21(31)14-19-6-3-4-8-23(19)25)16-24(22)28-26(27-18)33-17-20-7-5-10-29(20)12-13-32-2/h3-4,6,8,14-15,20,31H,5,7,9-13,16-17H2,1-2H3/t20-/m0/s1. The minimum absolute atomic E-state index is 0.284. The number of benzene rings is 2. The van der Waals surface area contributed by atoms with E-state index in [0.29, 0.717) is 25.2 Å². The van der Waals surface area contributed by atoms with Crippen molar-refractivity contribution in [3.05, 3.63) is 53.3 Å². The molecule has 1 atom stereocenters. The van der Waals surface area contributed by atoms with E-state index < -0.39 is 0 Å². The summed E-state index contributed by atoms with van der Waals surface area (Å²) in [5.74, 6) is 0.284. The average molecular weight is 449 g/mol. The maximum absolute atomic E-state index is 10.3. The van der Waals surface area contributed by atoms with Crippen LogP contribution in [-0.4, -0.2) is 66.0 Å². The zero-order chi connectivity index (χ0) is 22.8. The molecule has 5 rings (SSSR count). The Morgan fingerprint density at radius 2 is 2.03 bits per heavy atom. The van der Waals surface area contributed by atoms with E-state index in [1.807, 2.05) is 37.3 Å². The molecule has 1 aromatic heterocycles. The Bertz CT molecular complexity index is 1140. The van der Waals surface area contributed by atoms with Gasteiger partial charge in [0.2, 0.25) is 0 Å². The number of rotatable bonds is 7. The van der Waals surface area contributed by atoms with Crippen LogP contribution in [0.4, 0.5) is 5.69 Å². The molecule has 0 radical (unpaired) electrons. The normalized spacial score (nSPS) is 18.6. The Morgan fingerprint density at radius 3 is 2.91 bits per heavy atom. The number of anilines is 1. The van der Waals surface area contributed by atoms with Gasteiger partial charge in [-0.1, -0.05) is 24.3 Å². The summed E-state index contributed by atoms with van der Waals surface area (Å²) in [6.45, 7) is 6.95. The fraction of sp³-hybridized carbons (Fsp3) is 0.462. The smallest absolute Gasteiger partial charge is 0.316 e. The predicted octanol–water partition coefficient (Wildman–Crippen LogP) is 3.70. The molecular formula is C26H32N4O3. The fourth-order valence-corrected chi connectivity index (χ4v) is 5.15. The molecule has 0 aliphatic carbocycles. The summed E-state index contributed by atoms with van der Waals surface area (Å²) in [5, 5.41) is 12.5. The van der Waals surface area contributed by atoms with Crippen molar-refractivity contribution in [2.45, 2.75) is 38.8 Å². The SMILES string of the molecule is COCCN1CCC[C@H]1COc1nc(C)c2c(n1)CN(c1cc(O)cc3ccccc13)CC2. The molecule has 1 N–H and O–H groups in total. The van der Waals surface area contributed by atoms with Crippen LogP contribution in [0.3, 0.4) is 0 Å². The molecule has 1 saturated heterocycles. The van der Waals surface area contributed by atoms with Gasteiger partial charge in [0.15, 0.2) is 0 Å². The molecule has 7 heteroatoms. The molecule has 0 saturated carbocycles. The van der Waals surface area contributed by atoms with Crippen LogP contribution in [0, 0.1) is 6.92 Å². The number of fused-ring (bicyclic) bond motifs is 2. The van der Waals surface area contributed by atoms with Crippen molar-refractivity contribution in [1.29, 1.82) is 0 Å². The Hall–Kier alpha value is -2.90. The Kier molecular flexibility index (Phi) is 6.33. The molecule has 0 unspecified atom stereocenters. The molecule has 2 aromatic carbocycles. The van der Waals surface area contributed by atoms with Crippen LogP contribution in [0.1, 0.15) is 29.8 Å². The number of aryl methyl sites for hydroxylation is 1. The number of methoxy groups -OCH3 is 1. The highest BCUT2D eigenvalue weighted by Gasteiger charge is 2.26. The van der Waals surface area contributed by atoms with E-state index in [4.69, 9.17) is 14.5 Å². The van der Waals surface area contributed by atoms with E-state index >= 15 is 0 Å². The zero-order valence-corrected chi connectivity index (χ0v) is 19.5. The molecule has 0 amide bonds. The summed E-state index contributed by atoms with van der Waals surface area (Å²) in [6.07, 6.45) is 3.19. The molecular weight excluding hydrogens is 416 g/mol. The van der Waals surface area contributed by atoms with Crippen molar-refractivity contribution in [1.82, 2.24) is 14.9 Å². The number of ether oxygens (including phenoxy) is 2. The minimum atomic E-state index is 0.284.